The Morgan fingerprint density at radius 2 is 2.07 bits per heavy atom. The van der Waals surface area contributed by atoms with Gasteiger partial charge >= 0.3 is 0 Å². The molecule has 1 aliphatic heterocycles. The van der Waals surface area contributed by atoms with E-state index in [1.165, 1.54) is 37.7 Å². The molecule has 0 amide bonds. The monoisotopic (exact) mass is 368 g/mol. The fourth-order valence-electron chi connectivity index (χ4n) is 8.36. The predicted molar refractivity (Wildman–Crippen MR) is 108 cm³/mol. The molecule has 0 aromatic rings. The molecule has 0 radical (unpaired) electrons. The lowest BCUT2D eigenvalue weighted by atomic mass is 9.46. The van der Waals surface area contributed by atoms with E-state index in [1.807, 2.05) is 6.08 Å². The predicted octanol–water partition coefficient (Wildman–Crippen LogP) is 5.72. The number of fused-ring (bicyclic) bond motifs is 8. The number of epoxide rings is 1. The Kier molecular flexibility index (Phi) is 4.07. The summed E-state index contributed by atoms with van der Waals surface area (Å²) < 4.78 is 6.31. The Bertz CT molecular complexity index is 692. The van der Waals surface area contributed by atoms with Crippen molar-refractivity contribution in [1.29, 1.82) is 0 Å². The molecule has 2 nitrogen and oxygen atoms in total. The Hall–Kier alpha value is -0.890. The molecule has 27 heavy (non-hydrogen) atoms. The Balaban J connectivity index is 1.45. The number of carbonyl (C=O) groups is 1. The number of hydrogen-bond donors (Lipinski definition) is 0. The van der Waals surface area contributed by atoms with Crippen LogP contribution in [0, 0.1) is 40.4 Å². The van der Waals surface area contributed by atoms with Gasteiger partial charge in [0.05, 0.1) is 6.10 Å². The molecular weight excluding hydrogens is 332 g/mol. The second-order valence-corrected chi connectivity index (χ2v) is 10.9. The number of ketones is 1. The van der Waals surface area contributed by atoms with Crippen molar-refractivity contribution < 1.29 is 9.53 Å². The van der Waals surface area contributed by atoms with E-state index < -0.39 is 0 Å². The van der Waals surface area contributed by atoms with E-state index in [2.05, 4.69) is 33.4 Å². The summed E-state index contributed by atoms with van der Waals surface area (Å²) in [6.45, 7) is 11.5. The van der Waals surface area contributed by atoms with Gasteiger partial charge in [-0.25, -0.2) is 0 Å². The highest BCUT2D eigenvalue weighted by Gasteiger charge is 2.69. The van der Waals surface area contributed by atoms with Crippen LogP contribution in [0.4, 0.5) is 0 Å². The molecule has 2 heteroatoms. The van der Waals surface area contributed by atoms with Crippen LogP contribution in [0.2, 0.25) is 0 Å². The quantitative estimate of drug-likeness (QED) is 0.469. The number of hydrogen-bond acceptors (Lipinski definition) is 2. The summed E-state index contributed by atoms with van der Waals surface area (Å²) in [5.74, 6) is 4.25. The first-order valence-corrected chi connectivity index (χ1v) is 11.4. The fourth-order valence-corrected chi connectivity index (χ4v) is 8.36. The average Bonchev–Trinajstić information content (AvgIpc) is 3.35. The SMILES string of the molecule is C=CCCC(C)C1CCC2C3C4OC4C4=CC(=O)CCC4(C)C3CCC12C. The van der Waals surface area contributed by atoms with Crippen LogP contribution in [0.25, 0.3) is 0 Å². The van der Waals surface area contributed by atoms with Crippen LogP contribution in [0.1, 0.15) is 72.1 Å². The summed E-state index contributed by atoms with van der Waals surface area (Å²) >= 11 is 0. The maximum absolute atomic E-state index is 12.1. The standard InChI is InChI=1S/C25H36O2/c1-5-6-7-15(2)17-8-9-18-21-19(11-13-24(17,18)3)25(4)12-10-16(26)14-20(25)22-23(21)27-22/h5,14-15,17-19,21-23H,1,6-13H2,2-4H3. The first-order valence-electron chi connectivity index (χ1n) is 11.4. The van der Waals surface area contributed by atoms with Gasteiger partial charge in [0.15, 0.2) is 5.78 Å². The van der Waals surface area contributed by atoms with Gasteiger partial charge in [-0.15, -0.1) is 6.58 Å². The molecule has 5 aliphatic rings. The van der Waals surface area contributed by atoms with Crippen molar-refractivity contribution >= 4 is 5.78 Å². The van der Waals surface area contributed by atoms with Crippen LogP contribution in [-0.2, 0) is 9.53 Å². The molecule has 3 saturated carbocycles. The van der Waals surface area contributed by atoms with Crippen LogP contribution in [0.3, 0.4) is 0 Å². The van der Waals surface area contributed by atoms with Crippen molar-refractivity contribution in [3.05, 3.63) is 24.3 Å². The van der Waals surface area contributed by atoms with Crippen molar-refractivity contribution in [3.63, 3.8) is 0 Å². The largest absolute Gasteiger partial charge is 0.365 e. The minimum atomic E-state index is 0.212. The van der Waals surface area contributed by atoms with Gasteiger partial charge in [-0.2, -0.15) is 0 Å². The minimum Gasteiger partial charge on any atom is -0.365 e. The van der Waals surface area contributed by atoms with Crippen LogP contribution in [-0.4, -0.2) is 18.0 Å². The number of rotatable bonds is 4. The van der Waals surface area contributed by atoms with E-state index in [0.717, 1.165) is 48.9 Å². The molecule has 5 rings (SSSR count). The summed E-state index contributed by atoms with van der Waals surface area (Å²) in [6.07, 6.45) is 14.5. The highest BCUT2D eigenvalue weighted by Crippen LogP contribution is 2.70. The molecule has 148 valence electrons. The van der Waals surface area contributed by atoms with Gasteiger partial charge in [-0.1, -0.05) is 26.8 Å². The molecular formula is C25H36O2. The molecule has 0 aromatic carbocycles. The summed E-state index contributed by atoms with van der Waals surface area (Å²) in [4.78, 5) is 12.1. The van der Waals surface area contributed by atoms with Crippen LogP contribution in [0.5, 0.6) is 0 Å². The lowest BCUT2D eigenvalue weighted by Gasteiger charge is -2.57. The highest BCUT2D eigenvalue weighted by molar-refractivity contribution is 5.92. The van der Waals surface area contributed by atoms with Gasteiger partial charge in [-0.3, -0.25) is 4.79 Å². The maximum Gasteiger partial charge on any atom is 0.155 e. The van der Waals surface area contributed by atoms with E-state index in [4.69, 9.17) is 4.74 Å². The van der Waals surface area contributed by atoms with Crippen molar-refractivity contribution in [1.82, 2.24) is 0 Å². The van der Waals surface area contributed by atoms with Gasteiger partial charge in [0.25, 0.3) is 0 Å². The van der Waals surface area contributed by atoms with Gasteiger partial charge < -0.3 is 4.74 Å². The second-order valence-electron chi connectivity index (χ2n) is 10.9. The first kappa shape index (κ1) is 18.2. The summed E-state index contributed by atoms with van der Waals surface area (Å²) in [5.41, 5.74) is 2.06. The molecule has 4 aliphatic carbocycles. The molecule has 0 bridgehead atoms. The molecule has 0 spiro atoms. The molecule has 0 N–H and O–H groups in total. The molecule has 9 unspecified atom stereocenters. The Labute approximate surface area is 164 Å². The number of allylic oxidation sites excluding steroid dienone is 1. The van der Waals surface area contributed by atoms with E-state index in [1.54, 1.807) is 0 Å². The molecule has 9 atom stereocenters. The average molecular weight is 369 g/mol. The van der Waals surface area contributed by atoms with Gasteiger partial charge in [0, 0.05) is 6.42 Å². The normalized spacial score (nSPS) is 51.4. The highest BCUT2D eigenvalue weighted by atomic mass is 16.6. The lowest BCUT2D eigenvalue weighted by molar-refractivity contribution is -0.117. The third-order valence-electron chi connectivity index (χ3n) is 9.82. The summed E-state index contributed by atoms with van der Waals surface area (Å²) in [7, 11) is 0. The lowest BCUT2D eigenvalue weighted by Crippen LogP contribution is -2.53. The zero-order chi connectivity index (χ0) is 19.0. The maximum atomic E-state index is 12.1. The zero-order valence-corrected chi connectivity index (χ0v) is 17.4. The minimum absolute atomic E-state index is 0.212. The molecule has 4 fully saturated rings. The molecule has 1 heterocycles. The smallest absolute Gasteiger partial charge is 0.155 e. The van der Waals surface area contributed by atoms with Crippen LogP contribution >= 0.6 is 0 Å². The molecule has 1 saturated heterocycles. The van der Waals surface area contributed by atoms with Gasteiger partial charge in [0.2, 0.25) is 0 Å². The Morgan fingerprint density at radius 1 is 1.26 bits per heavy atom. The van der Waals surface area contributed by atoms with Crippen LogP contribution in [0.15, 0.2) is 24.3 Å². The van der Waals surface area contributed by atoms with E-state index >= 15 is 0 Å². The van der Waals surface area contributed by atoms with E-state index in [0.29, 0.717) is 17.3 Å². The topological polar surface area (TPSA) is 29.6 Å². The Morgan fingerprint density at radius 3 is 2.85 bits per heavy atom. The van der Waals surface area contributed by atoms with Crippen molar-refractivity contribution in [2.75, 3.05) is 0 Å². The first-order chi connectivity index (χ1) is 12.9. The van der Waals surface area contributed by atoms with E-state index in [9.17, 15) is 4.79 Å². The number of ether oxygens (including phenoxy) is 1. The van der Waals surface area contributed by atoms with E-state index in [-0.39, 0.29) is 11.5 Å². The second kappa shape index (κ2) is 6.05. The van der Waals surface area contributed by atoms with Crippen LogP contribution < -0.4 is 0 Å². The van der Waals surface area contributed by atoms with Crippen molar-refractivity contribution in [2.45, 2.75) is 84.3 Å². The summed E-state index contributed by atoms with van der Waals surface area (Å²) in [5, 5.41) is 0. The van der Waals surface area contributed by atoms with Gasteiger partial charge in [-0.05, 0) is 97.0 Å². The van der Waals surface area contributed by atoms with Crippen molar-refractivity contribution in [3.8, 4) is 0 Å². The van der Waals surface area contributed by atoms with Gasteiger partial charge in [0.1, 0.15) is 6.10 Å². The third-order valence-corrected chi connectivity index (χ3v) is 9.82. The molecule has 0 aromatic heterocycles. The number of carbonyl (C=O) groups excluding carboxylic acids is 1. The van der Waals surface area contributed by atoms with Crippen molar-refractivity contribution in [2.24, 2.45) is 40.4 Å². The fraction of sp³-hybridized carbons (Fsp3) is 0.800. The summed E-state index contributed by atoms with van der Waals surface area (Å²) in [6, 6.07) is 0. The third kappa shape index (κ3) is 2.44. The zero-order valence-electron chi connectivity index (χ0n) is 17.4.